The molecule has 0 aromatic heterocycles. The zero-order valence-corrected chi connectivity index (χ0v) is 17.8. The van der Waals surface area contributed by atoms with Gasteiger partial charge in [-0.05, 0) is 69.6 Å². The van der Waals surface area contributed by atoms with Gasteiger partial charge in [0, 0.05) is 0 Å². The van der Waals surface area contributed by atoms with Crippen molar-refractivity contribution < 1.29 is 9.53 Å². The number of esters is 1. The zero-order valence-electron chi connectivity index (χ0n) is 17.8. The fraction of sp³-hybridized carbons (Fsp3) is 0.958. The Kier molecular flexibility index (Phi) is 10.1. The molecule has 0 heterocycles. The maximum Gasteiger partial charge on any atom is 0.309 e. The van der Waals surface area contributed by atoms with E-state index in [2.05, 4.69) is 20.8 Å². The quantitative estimate of drug-likeness (QED) is 0.300. The number of ether oxygens (including phenoxy) is 1. The van der Waals surface area contributed by atoms with Gasteiger partial charge in [-0.15, -0.1) is 0 Å². The first-order chi connectivity index (χ1) is 12.6. The maximum absolute atomic E-state index is 12.4. The van der Waals surface area contributed by atoms with Crippen molar-refractivity contribution in [2.45, 2.75) is 123 Å². The summed E-state index contributed by atoms with van der Waals surface area (Å²) in [6.07, 6.45) is 19.6. The van der Waals surface area contributed by atoms with Gasteiger partial charge in [-0.25, -0.2) is 0 Å². The van der Waals surface area contributed by atoms with Gasteiger partial charge in [0.2, 0.25) is 0 Å². The normalized spacial score (nSPS) is 30.7. The number of rotatable bonds is 10. The van der Waals surface area contributed by atoms with E-state index in [9.17, 15) is 4.79 Å². The van der Waals surface area contributed by atoms with E-state index >= 15 is 0 Å². The molecule has 0 bridgehead atoms. The number of hydrogen-bond acceptors (Lipinski definition) is 2. The van der Waals surface area contributed by atoms with E-state index in [1.54, 1.807) is 0 Å². The van der Waals surface area contributed by atoms with Crippen LogP contribution < -0.4 is 0 Å². The SMILES string of the molecule is CCCCCC1CCC(C2CCC(C(=O)OC(C)CCCC)CC2)CC1. The van der Waals surface area contributed by atoms with E-state index in [0.29, 0.717) is 0 Å². The van der Waals surface area contributed by atoms with Gasteiger partial charge in [0.1, 0.15) is 0 Å². The van der Waals surface area contributed by atoms with Crippen LogP contribution in [0.25, 0.3) is 0 Å². The standard InChI is InChI=1S/C24H44O2/c1-4-6-8-10-20-11-13-21(14-12-20)22-15-17-23(18-16-22)24(25)26-19(3)9-7-5-2/h19-23H,4-18H2,1-3H3. The lowest BCUT2D eigenvalue weighted by molar-refractivity contribution is -0.155. The summed E-state index contributed by atoms with van der Waals surface area (Å²) in [6.45, 7) is 6.54. The molecule has 2 aliphatic carbocycles. The Bertz CT molecular complexity index is 376. The molecule has 2 heteroatoms. The molecule has 2 fully saturated rings. The van der Waals surface area contributed by atoms with Crippen LogP contribution in [0.5, 0.6) is 0 Å². The molecule has 0 aliphatic heterocycles. The Labute approximate surface area is 162 Å². The van der Waals surface area contributed by atoms with Gasteiger partial charge in [0.05, 0.1) is 12.0 Å². The van der Waals surface area contributed by atoms with Gasteiger partial charge in [0.25, 0.3) is 0 Å². The lowest BCUT2D eigenvalue weighted by atomic mass is 9.68. The molecule has 1 atom stereocenters. The van der Waals surface area contributed by atoms with Crippen LogP contribution >= 0.6 is 0 Å². The summed E-state index contributed by atoms with van der Waals surface area (Å²) in [5, 5.41) is 0. The molecule has 26 heavy (non-hydrogen) atoms. The van der Waals surface area contributed by atoms with Gasteiger partial charge in [0.15, 0.2) is 0 Å². The monoisotopic (exact) mass is 364 g/mol. The van der Waals surface area contributed by atoms with E-state index in [-0.39, 0.29) is 18.0 Å². The predicted octanol–water partition coefficient (Wildman–Crippen LogP) is 7.30. The van der Waals surface area contributed by atoms with Crippen LogP contribution in [0.15, 0.2) is 0 Å². The van der Waals surface area contributed by atoms with Crippen molar-refractivity contribution in [3.63, 3.8) is 0 Å². The van der Waals surface area contributed by atoms with Crippen LogP contribution in [-0.2, 0) is 9.53 Å². The van der Waals surface area contributed by atoms with Crippen molar-refractivity contribution >= 4 is 5.97 Å². The highest BCUT2D eigenvalue weighted by Crippen LogP contribution is 2.42. The molecule has 2 aliphatic rings. The molecule has 0 saturated heterocycles. The second-order valence-corrected chi connectivity index (χ2v) is 9.28. The van der Waals surface area contributed by atoms with Crippen LogP contribution in [0.3, 0.4) is 0 Å². The molecule has 2 saturated carbocycles. The van der Waals surface area contributed by atoms with E-state index < -0.39 is 0 Å². The number of carbonyl (C=O) groups is 1. The summed E-state index contributed by atoms with van der Waals surface area (Å²) >= 11 is 0. The van der Waals surface area contributed by atoms with Crippen LogP contribution in [0.1, 0.15) is 117 Å². The third-order valence-electron chi connectivity index (χ3n) is 7.16. The van der Waals surface area contributed by atoms with Crippen molar-refractivity contribution in [3.8, 4) is 0 Å². The van der Waals surface area contributed by atoms with Crippen molar-refractivity contribution in [2.75, 3.05) is 0 Å². The topological polar surface area (TPSA) is 26.3 Å². The number of hydrogen-bond donors (Lipinski definition) is 0. The Morgan fingerprint density at radius 1 is 0.846 bits per heavy atom. The fourth-order valence-corrected chi connectivity index (χ4v) is 5.30. The summed E-state index contributed by atoms with van der Waals surface area (Å²) in [4.78, 5) is 12.4. The second-order valence-electron chi connectivity index (χ2n) is 9.28. The van der Waals surface area contributed by atoms with Crippen molar-refractivity contribution in [1.82, 2.24) is 0 Å². The first-order valence-electron chi connectivity index (χ1n) is 11.8. The Hall–Kier alpha value is -0.530. The highest BCUT2D eigenvalue weighted by atomic mass is 16.5. The minimum atomic E-state index is 0.0895. The van der Waals surface area contributed by atoms with Gasteiger partial charge in [-0.3, -0.25) is 4.79 Å². The molecule has 2 nitrogen and oxygen atoms in total. The minimum absolute atomic E-state index is 0.0895. The van der Waals surface area contributed by atoms with Gasteiger partial charge < -0.3 is 4.74 Å². The molecular formula is C24H44O2. The number of unbranched alkanes of at least 4 members (excludes halogenated alkanes) is 3. The summed E-state index contributed by atoms with van der Waals surface area (Å²) in [5.74, 6) is 3.10. The molecule has 0 N–H and O–H groups in total. The Morgan fingerprint density at radius 2 is 1.42 bits per heavy atom. The molecule has 0 spiro atoms. The molecular weight excluding hydrogens is 320 g/mol. The zero-order chi connectivity index (χ0) is 18.8. The molecule has 2 rings (SSSR count). The lowest BCUT2D eigenvalue weighted by Gasteiger charge is -2.37. The fourth-order valence-electron chi connectivity index (χ4n) is 5.30. The third-order valence-corrected chi connectivity index (χ3v) is 7.16. The molecule has 0 aromatic carbocycles. The van der Waals surface area contributed by atoms with Crippen LogP contribution in [0.2, 0.25) is 0 Å². The van der Waals surface area contributed by atoms with Crippen molar-refractivity contribution in [3.05, 3.63) is 0 Å². The maximum atomic E-state index is 12.4. The smallest absolute Gasteiger partial charge is 0.309 e. The molecule has 1 unspecified atom stereocenters. The molecule has 0 aromatic rings. The summed E-state index contributed by atoms with van der Waals surface area (Å²) in [6, 6.07) is 0. The summed E-state index contributed by atoms with van der Waals surface area (Å²) in [7, 11) is 0. The van der Waals surface area contributed by atoms with Gasteiger partial charge in [-0.1, -0.05) is 65.2 Å². The van der Waals surface area contributed by atoms with Gasteiger partial charge >= 0.3 is 5.97 Å². The largest absolute Gasteiger partial charge is 0.462 e. The van der Waals surface area contributed by atoms with E-state index in [4.69, 9.17) is 4.74 Å². The van der Waals surface area contributed by atoms with Gasteiger partial charge in [-0.2, -0.15) is 0 Å². The van der Waals surface area contributed by atoms with E-state index in [1.165, 1.54) is 70.6 Å². The summed E-state index contributed by atoms with van der Waals surface area (Å²) < 4.78 is 5.69. The average molecular weight is 365 g/mol. The highest BCUT2D eigenvalue weighted by Gasteiger charge is 2.33. The highest BCUT2D eigenvalue weighted by molar-refractivity contribution is 5.72. The van der Waals surface area contributed by atoms with Crippen LogP contribution in [-0.4, -0.2) is 12.1 Å². The van der Waals surface area contributed by atoms with E-state index in [1.807, 2.05) is 0 Å². The van der Waals surface area contributed by atoms with Crippen LogP contribution in [0.4, 0.5) is 0 Å². The Balaban J connectivity index is 1.63. The molecule has 0 radical (unpaired) electrons. The molecule has 152 valence electrons. The third kappa shape index (κ3) is 7.24. The minimum Gasteiger partial charge on any atom is -0.462 e. The first-order valence-corrected chi connectivity index (χ1v) is 11.8. The average Bonchev–Trinajstić information content (AvgIpc) is 2.67. The van der Waals surface area contributed by atoms with E-state index in [0.717, 1.165) is 43.4 Å². The number of carbonyl (C=O) groups excluding carboxylic acids is 1. The van der Waals surface area contributed by atoms with Crippen molar-refractivity contribution in [2.24, 2.45) is 23.7 Å². The second kappa shape index (κ2) is 12.0. The first kappa shape index (κ1) is 21.8. The Morgan fingerprint density at radius 3 is 2.00 bits per heavy atom. The lowest BCUT2D eigenvalue weighted by Crippen LogP contribution is -2.30. The van der Waals surface area contributed by atoms with Crippen LogP contribution in [0, 0.1) is 23.7 Å². The predicted molar refractivity (Wildman–Crippen MR) is 110 cm³/mol. The summed E-state index contributed by atoms with van der Waals surface area (Å²) in [5.41, 5.74) is 0. The molecule has 0 amide bonds. The van der Waals surface area contributed by atoms with Crippen molar-refractivity contribution in [1.29, 1.82) is 0 Å².